The third-order valence-electron chi connectivity index (χ3n) is 5.23. The van der Waals surface area contributed by atoms with E-state index >= 15 is 0 Å². The maximum Gasteiger partial charge on any atom is 0.251 e. The summed E-state index contributed by atoms with van der Waals surface area (Å²) in [6.45, 7) is 5.98. The number of benzene rings is 2. The number of carbonyl (C=O) groups excluding carboxylic acids is 2. The molecule has 0 spiro atoms. The Hall–Kier alpha value is -3.55. The third kappa shape index (κ3) is 6.73. The van der Waals surface area contributed by atoms with Crippen molar-refractivity contribution in [2.75, 3.05) is 44.7 Å². The summed E-state index contributed by atoms with van der Waals surface area (Å²) in [6.07, 6.45) is 0.785. The van der Waals surface area contributed by atoms with Crippen LogP contribution < -0.4 is 26.2 Å². The molecule has 0 unspecified atom stereocenters. The first kappa shape index (κ1) is 23.1. The Morgan fingerprint density at radius 1 is 1.12 bits per heavy atom. The van der Waals surface area contributed by atoms with Crippen molar-refractivity contribution >= 4 is 23.5 Å². The number of piperazine rings is 1. The number of hydrogen-bond donors (Lipinski definition) is 4. The summed E-state index contributed by atoms with van der Waals surface area (Å²) in [5.74, 6) is 0.739. The molecule has 1 aliphatic rings. The van der Waals surface area contributed by atoms with Crippen LogP contribution in [0.3, 0.4) is 0 Å². The molecular formula is C24H32N6O2. The van der Waals surface area contributed by atoms with Crippen LogP contribution >= 0.6 is 0 Å². The largest absolute Gasteiger partial charge is 0.360 e. The zero-order valence-electron chi connectivity index (χ0n) is 18.8. The first-order valence-electron chi connectivity index (χ1n) is 11.0. The standard InChI is InChI=1S/C24H32N6O2/c1-3-26-24(28-12-11-18-5-4-6-20(15-18)23(32)25-2)29-16-19-7-9-21(10-8-19)30-14-13-27-22(31)17-30/h4-10,15H,3,11-14,16-17H2,1-2H3,(H,25,32)(H,27,31)(H2,26,28,29). The Bertz CT molecular complexity index is 942. The van der Waals surface area contributed by atoms with Crippen LogP contribution in [0.1, 0.15) is 28.4 Å². The van der Waals surface area contributed by atoms with E-state index in [4.69, 9.17) is 0 Å². The monoisotopic (exact) mass is 436 g/mol. The van der Waals surface area contributed by atoms with Crippen LogP contribution in [0.2, 0.25) is 0 Å². The first-order chi connectivity index (χ1) is 15.6. The number of amides is 2. The van der Waals surface area contributed by atoms with Crippen molar-refractivity contribution in [2.45, 2.75) is 19.9 Å². The van der Waals surface area contributed by atoms with E-state index in [9.17, 15) is 9.59 Å². The van der Waals surface area contributed by atoms with Gasteiger partial charge in [0.1, 0.15) is 0 Å². The molecule has 0 aliphatic carbocycles. The number of hydrogen-bond acceptors (Lipinski definition) is 4. The van der Waals surface area contributed by atoms with E-state index in [2.05, 4.69) is 43.3 Å². The number of rotatable bonds is 8. The van der Waals surface area contributed by atoms with Crippen LogP contribution in [0.15, 0.2) is 53.5 Å². The van der Waals surface area contributed by atoms with Crippen molar-refractivity contribution in [2.24, 2.45) is 4.99 Å². The molecule has 1 heterocycles. The molecule has 0 bridgehead atoms. The van der Waals surface area contributed by atoms with Gasteiger partial charge in [-0.25, -0.2) is 4.99 Å². The lowest BCUT2D eigenvalue weighted by Crippen LogP contribution is -2.47. The highest BCUT2D eigenvalue weighted by atomic mass is 16.2. The van der Waals surface area contributed by atoms with Gasteiger partial charge in [0.15, 0.2) is 5.96 Å². The van der Waals surface area contributed by atoms with Crippen LogP contribution in [0.5, 0.6) is 0 Å². The van der Waals surface area contributed by atoms with Gasteiger partial charge in [0.05, 0.1) is 13.1 Å². The van der Waals surface area contributed by atoms with E-state index in [-0.39, 0.29) is 11.8 Å². The quantitative estimate of drug-likeness (QED) is 0.369. The number of anilines is 1. The van der Waals surface area contributed by atoms with Crippen molar-refractivity contribution in [1.82, 2.24) is 21.3 Å². The summed E-state index contributed by atoms with van der Waals surface area (Å²) in [5, 5.41) is 12.1. The van der Waals surface area contributed by atoms with Crippen LogP contribution in [-0.4, -0.2) is 57.5 Å². The van der Waals surface area contributed by atoms with Gasteiger partial charge in [0.2, 0.25) is 5.91 Å². The minimum atomic E-state index is -0.0794. The number of aliphatic imine (C=N–C) groups is 1. The van der Waals surface area contributed by atoms with Gasteiger partial charge in [0, 0.05) is 44.5 Å². The van der Waals surface area contributed by atoms with Crippen LogP contribution in [0.4, 0.5) is 5.69 Å². The second kappa shape index (κ2) is 11.7. The first-order valence-corrected chi connectivity index (χ1v) is 11.0. The van der Waals surface area contributed by atoms with E-state index < -0.39 is 0 Å². The van der Waals surface area contributed by atoms with Crippen LogP contribution in [-0.2, 0) is 17.8 Å². The van der Waals surface area contributed by atoms with E-state index in [0.29, 0.717) is 31.7 Å². The molecule has 2 amide bonds. The molecule has 8 nitrogen and oxygen atoms in total. The Labute approximate surface area is 189 Å². The predicted octanol–water partition coefficient (Wildman–Crippen LogP) is 1.28. The van der Waals surface area contributed by atoms with Gasteiger partial charge in [-0.3, -0.25) is 9.59 Å². The number of guanidine groups is 1. The Balaban J connectivity index is 1.53. The molecule has 170 valence electrons. The third-order valence-corrected chi connectivity index (χ3v) is 5.23. The molecule has 0 radical (unpaired) electrons. The van der Waals surface area contributed by atoms with Gasteiger partial charge < -0.3 is 26.2 Å². The van der Waals surface area contributed by atoms with Gasteiger partial charge in [-0.05, 0) is 48.7 Å². The highest BCUT2D eigenvalue weighted by Crippen LogP contribution is 2.16. The van der Waals surface area contributed by atoms with Gasteiger partial charge in [-0.1, -0.05) is 24.3 Å². The molecule has 3 rings (SSSR count). The molecule has 0 aromatic heterocycles. The van der Waals surface area contributed by atoms with Gasteiger partial charge in [-0.15, -0.1) is 0 Å². The van der Waals surface area contributed by atoms with E-state index in [0.717, 1.165) is 42.3 Å². The second-order valence-electron chi connectivity index (χ2n) is 7.59. The Morgan fingerprint density at radius 3 is 2.66 bits per heavy atom. The number of carbonyl (C=O) groups is 2. The second-order valence-corrected chi connectivity index (χ2v) is 7.59. The molecule has 1 aliphatic heterocycles. The molecule has 0 atom stereocenters. The average Bonchev–Trinajstić information content (AvgIpc) is 2.82. The fraction of sp³-hybridized carbons (Fsp3) is 0.375. The molecule has 32 heavy (non-hydrogen) atoms. The smallest absolute Gasteiger partial charge is 0.251 e. The zero-order valence-corrected chi connectivity index (χ0v) is 18.8. The lowest BCUT2D eigenvalue weighted by molar-refractivity contribution is -0.120. The minimum absolute atomic E-state index is 0.0617. The summed E-state index contributed by atoms with van der Waals surface area (Å²) in [7, 11) is 1.63. The minimum Gasteiger partial charge on any atom is -0.360 e. The SMILES string of the molecule is CCNC(=NCc1ccc(N2CCNC(=O)C2)cc1)NCCc1cccc(C(=O)NC)c1. The number of nitrogens with zero attached hydrogens (tertiary/aromatic N) is 2. The fourth-order valence-corrected chi connectivity index (χ4v) is 3.52. The maximum atomic E-state index is 11.8. The molecule has 0 saturated carbocycles. The van der Waals surface area contributed by atoms with Crippen molar-refractivity contribution < 1.29 is 9.59 Å². The Morgan fingerprint density at radius 2 is 1.94 bits per heavy atom. The molecule has 2 aromatic carbocycles. The van der Waals surface area contributed by atoms with E-state index in [1.54, 1.807) is 7.05 Å². The predicted molar refractivity (Wildman–Crippen MR) is 128 cm³/mol. The van der Waals surface area contributed by atoms with Crippen molar-refractivity contribution in [1.29, 1.82) is 0 Å². The van der Waals surface area contributed by atoms with Gasteiger partial charge in [-0.2, -0.15) is 0 Å². The Kier molecular flexibility index (Phi) is 8.48. The summed E-state index contributed by atoms with van der Waals surface area (Å²) in [5.41, 5.74) is 3.91. The fourth-order valence-electron chi connectivity index (χ4n) is 3.52. The normalized spacial score (nSPS) is 14.0. The molecule has 4 N–H and O–H groups in total. The highest BCUT2D eigenvalue weighted by molar-refractivity contribution is 5.94. The molecule has 2 aromatic rings. The van der Waals surface area contributed by atoms with Crippen molar-refractivity contribution in [3.63, 3.8) is 0 Å². The lowest BCUT2D eigenvalue weighted by Gasteiger charge is -2.28. The van der Waals surface area contributed by atoms with Crippen molar-refractivity contribution in [3.05, 3.63) is 65.2 Å². The molecular weight excluding hydrogens is 404 g/mol. The zero-order chi connectivity index (χ0) is 22.8. The summed E-state index contributed by atoms with van der Waals surface area (Å²) >= 11 is 0. The van der Waals surface area contributed by atoms with Gasteiger partial charge >= 0.3 is 0 Å². The van der Waals surface area contributed by atoms with E-state index in [1.165, 1.54) is 0 Å². The summed E-state index contributed by atoms with van der Waals surface area (Å²) in [6, 6.07) is 15.8. The van der Waals surface area contributed by atoms with Crippen LogP contribution in [0, 0.1) is 0 Å². The molecule has 1 saturated heterocycles. The summed E-state index contributed by atoms with van der Waals surface area (Å²) < 4.78 is 0. The topological polar surface area (TPSA) is 97.9 Å². The maximum absolute atomic E-state index is 11.8. The van der Waals surface area contributed by atoms with Crippen LogP contribution in [0.25, 0.3) is 0 Å². The average molecular weight is 437 g/mol. The van der Waals surface area contributed by atoms with E-state index in [1.807, 2.05) is 43.3 Å². The molecule has 8 heteroatoms. The lowest BCUT2D eigenvalue weighted by atomic mass is 10.1. The number of nitrogens with one attached hydrogen (secondary N) is 4. The highest BCUT2D eigenvalue weighted by Gasteiger charge is 2.16. The summed E-state index contributed by atoms with van der Waals surface area (Å²) in [4.78, 5) is 30.2. The van der Waals surface area contributed by atoms with Gasteiger partial charge in [0.25, 0.3) is 5.91 Å². The van der Waals surface area contributed by atoms with Crippen molar-refractivity contribution in [3.8, 4) is 0 Å². The molecule has 1 fully saturated rings.